The van der Waals surface area contributed by atoms with Gasteiger partial charge in [0.15, 0.2) is 5.88 Å². The molecule has 7 aliphatic rings. The van der Waals surface area contributed by atoms with Gasteiger partial charge in [0.1, 0.15) is 5.76 Å². The Morgan fingerprint density at radius 1 is 0.535 bits per heavy atom. The Balaban J connectivity index is 1.24. The van der Waals surface area contributed by atoms with Crippen molar-refractivity contribution in [2.45, 2.75) is 213 Å². The summed E-state index contributed by atoms with van der Waals surface area (Å²) in [5.41, 5.74) is 21.9. The van der Waals surface area contributed by atoms with Crippen LogP contribution in [0.15, 0.2) is 101 Å². The van der Waals surface area contributed by atoms with Crippen LogP contribution in [0.2, 0.25) is 0 Å². The number of hydrogen-bond donors (Lipinski definition) is 0. The molecule has 2 unspecified atom stereocenters. The van der Waals surface area contributed by atoms with Gasteiger partial charge in [-0.1, -0.05) is 159 Å². The summed E-state index contributed by atoms with van der Waals surface area (Å²) < 4.78 is 7.86. The number of anilines is 7. The average molecular weight is 944 g/mol. The molecule has 370 valence electrons. The summed E-state index contributed by atoms with van der Waals surface area (Å²) in [6.45, 7) is 39.1. The van der Waals surface area contributed by atoms with Crippen molar-refractivity contribution in [2.24, 2.45) is 5.41 Å². The smallest absolute Gasteiger partial charge is 0.256 e. The summed E-state index contributed by atoms with van der Waals surface area (Å²) in [5, 5.41) is 0. The molecule has 0 bridgehead atoms. The van der Waals surface area contributed by atoms with Gasteiger partial charge in [0.05, 0.1) is 5.54 Å². The van der Waals surface area contributed by atoms with Crippen molar-refractivity contribution in [1.29, 1.82) is 0 Å². The van der Waals surface area contributed by atoms with E-state index in [0.717, 1.165) is 31.6 Å². The fraction of sp³-hybridized carbons (Fsp3) is 0.515. The van der Waals surface area contributed by atoms with E-state index in [4.69, 9.17) is 4.42 Å². The Labute approximate surface area is 428 Å². The molecule has 4 heterocycles. The predicted molar refractivity (Wildman–Crippen MR) is 304 cm³/mol. The highest BCUT2D eigenvalue weighted by Crippen LogP contribution is 2.63. The zero-order valence-electron chi connectivity index (χ0n) is 46.5. The van der Waals surface area contributed by atoms with Crippen molar-refractivity contribution in [3.05, 3.63) is 130 Å². The molecule has 1 fully saturated rings. The molecule has 0 radical (unpaired) electrons. The van der Waals surface area contributed by atoms with Gasteiger partial charge in [-0.3, -0.25) is 4.90 Å². The summed E-state index contributed by atoms with van der Waals surface area (Å²) >= 11 is 0. The lowest BCUT2D eigenvalue weighted by molar-refractivity contribution is 0.153. The monoisotopic (exact) mass is 944 g/mol. The van der Waals surface area contributed by atoms with Crippen molar-refractivity contribution in [3.8, 4) is 0 Å². The Morgan fingerprint density at radius 3 is 1.83 bits per heavy atom. The average Bonchev–Trinajstić information content (AvgIpc) is 3.82. The molecule has 2 atom stereocenters. The van der Waals surface area contributed by atoms with Crippen molar-refractivity contribution >= 4 is 63.1 Å². The molecule has 0 saturated heterocycles. The summed E-state index contributed by atoms with van der Waals surface area (Å²) in [5.74, 6) is 2.21. The number of nitrogens with zero attached hydrogens (tertiary/aromatic N) is 3. The van der Waals surface area contributed by atoms with Crippen LogP contribution in [0.4, 0.5) is 40.0 Å². The normalized spacial score (nSPS) is 25.2. The first-order chi connectivity index (χ1) is 33.2. The first-order valence-corrected chi connectivity index (χ1v) is 27.7. The molecule has 0 spiro atoms. The van der Waals surface area contributed by atoms with Gasteiger partial charge in [-0.25, -0.2) is 0 Å². The molecule has 5 aromatic rings. The van der Waals surface area contributed by atoms with E-state index in [1.807, 2.05) is 0 Å². The van der Waals surface area contributed by atoms with Crippen LogP contribution in [0.3, 0.4) is 0 Å². The third-order valence-electron chi connectivity index (χ3n) is 20.0. The van der Waals surface area contributed by atoms with Crippen LogP contribution in [0, 0.1) is 5.41 Å². The van der Waals surface area contributed by atoms with E-state index in [-0.39, 0.29) is 50.2 Å². The molecule has 4 aromatic carbocycles. The van der Waals surface area contributed by atoms with E-state index in [9.17, 15) is 0 Å². The van der Waals surface area contributed by atoms with E-state index in [2.05, 4.69) is 210 Å². The molecule has 1 aromatic heterocycles. The van der Waals surface area contributed by atoms with Gasteiger partial charge in [-0.05, 0) is 178 Å². The van der Waals surface area contributed by atoms with E-state index in [1.165, 1.54) is 128 Å². The minimum atomic E-state index is -0.117. The van der Waals surface area contributed by atoms with E-state index in [0.29, 0.717) is 0 Å². The first-order valence-electron chi connectivity index (χ1n) is 27.7. The molecule has 3 aliphatic heterocycles. The number of benzene rings is 4. The standard InChI is InChI=1S/C66H82BN3O/c1-59(2,3)41-23-26-43(27-24-41)68-51-30-25-42(60(4,5)6)37-49(51)67-55-52(68)39-45(70-50-22-18-17-21-47(50)65(15)31-19-20-32-66(65,70)16)40-53(55)69(44-28-29-46-48(38-44)62(9,10)34-33-61(46,7)8)58-56(67)54-57(71-58)64(13,14)36-35-63(54,11)12/h17,21,23-30,37-40H,18-20,22,31-36H2,1-16H3. The molecule has 0 N–H and O–H groups in total. The second kappa shape index (κ2) is 14.9. The molecule has 5 heteroatoms. The highest BCUT2D eigenvalue weighted by Gasteiger charge is 2.59. The van der Waals surface area contributed by atoms with Gasteiger partial charge in [-0.15, -0.1) is 0 Å². The van der Waals surface area contributed by atoms with Gasteiger partial charge >= 0.3 is 0 Å². The highest BCUT2D eigenvalue weighted by atomic mass is 16.4. The molecule has 71 heavy (non-hydrogen) atoms. The van der Waals surface area contributed by atoms with Crippen LogP contribution >= 0.6 is 0 Å². The lowest BCUT2D eigenvalue weighted by atomic mass is 9.32. The number of fused-ring (bicyclic) bond motifs is 9. The first kappa shape index (κ1) is 47.1. The van der Waals surface area contributed by atoms with Crippen molar-refractivity contribution < 1.29 is 4.42 Å². The van der Waals surface area contributed by atoms with Crippen LogP contribution in [0.25, 0.3) is 0 Å². The van der Waals surface area contributed by atoms with Gasteiger partial charge in [0, 0.05) is 50.7 Å². The fourth-order valence-electron chi connectivity index (χ4n) is 15.2. The molecule has 0 amide bonds. The SMILES string of the molecule is CC(C)(C)c1ccc(N2c3ccc(C(C)(C)C)cc3B3c4c2cc(N2C5=C(C=CCC5)C5(C)CCCCC25C)cc4N(c2ccc4c(c2)C(C)(C)CCC4(C)C)c2oc4c(c23)C(C)(C)CCC4(C)C)cc1. The van der Waals surface area contributed by atoms with Gasteiger partial charge < -0.3 is 14.2 Å². The van der Waals surface area contributed by atoms with Gasteiger partial charge in [-0.2, -0.15) is 0 Å². The minimum absolute atomic E-state index is 0.0297. The van der Waals surface area contributed by atoms with Crippen LogP contribution in [-0.4, -0.2) is 12.3 Å². The Kier molecular flexibility index (Phi) is 9.88. The molecule has 4 aliphatic carbocycles. The molecule has 1 saturated carbocycles. The summed E-state index contributed by atoms with van der Waals surface area (Å²) in [4.78, 5) is 8.21. The number of hydrogen-bond acceptors (Lipinski definition) is 4. The van der Waals surface area contributed by atoms with E-state index >= 15 is 0 Å². The van der Waals surface area contributed by atoms with Crippen molar-refractivity contribution in [1.82, 2.24) is 0 Å². The third-order valence-corrected chi connectivity index (χ3v) is 20.0. The second-order valence-electron chi connectivity index (χ2n) is 28.6. The fourth-order valence-corrected chi connectivity index (χ4v) is 15.2. The van der Waals surface area contributed by atoms with Crippen LogP contribution in [0.5, 0.6) is 0 Å². The highest BCUT2D eigenvalue weighted by molar-refractivity contribution is 7.00. The van der Waals surface area contributed by atoms with E-state index in [1.54, 1.807) is 5.57 Å². The molecule has 12 rings (SSSR count). The molecule has 4 nitrogen and oxygen atoms in total. The quantitative estimate of drug-likeness (QED) is 0.165. The largest absolute Gasteiger partial charge is 0.444 e. The Morgan fingerprint density at radius 2 is 1.14 bits per heavy atom. The number of rotatable bonds is 3. The van der Waals surface area contributed by atoms with Crippen LogP contribution in [0.1, 0.15) is 209 Å². The maximum Gasteiger partial charge on any atom is 0.256 e. The summed E-state index contributed by atoms with van der Waals surface area (Å²) in [6, 6.07) is 30.0. The van der Waals surface area contributed by atoms with E-state index < -0.39 is 0 Å². The topological polar surface area (TPSA) is 22.9 Å². The number of furan rings is 1. The minimum Gasteiger partial charge on any atom is -0.444 e. The lowest BCUT2D eigenvalue weighted by Gasteiger charge is -2.52. The zero-order chi connectivity index (χ0) is 50.4. The van der Waals surface area contributed by atoms with Crippen molar-refractivity contribution in [3.63, 3.8) is 0 Å². The Bertz CT molecular complexity index is 3120. The zero-order valence-corrected chi connectivity index (χ0v) is 46.5. The van der Waals surface area contributed by atoms with Gasteiger partial charge in [0.2, 0.25) is 0 Å². The molecular formula is C66H82BN3O. The maximum absolute atomic E-state index is 7.86. The lowest BCUT2D eigenvalue weighted by Crippen LogP contribution is -2.63. The second-order valence-corrected chi connectivity index (χ2v) is 28.6. The number of allylic oxidation sites excluding steroid dienone is 3. The van der Waals surface area contributed by atoms with Gasteiger partial charge in [0.25, 0.3) is 6.71 Å². The maximum atomic E-state index is 7.86. The summed E-state index contributed by atoms with van der Waals surface area (Å²) in [6.07, 6.45) is 16.6. The summed E-state index contributed by atoms with van der Waals surface area (Å²) in [7, 11) is 0. The molecular weight excluding hydrogens is 862 g/mol. The Hall–Kier alpha value is -4.90. The van der Waals surface area contributed by atoms with Crippen LogP contribution < -0.4 is 31.1 Å². The third kappa shape index (κ3) is 6.61. The predicted octanol–water partition coefficient (Wildman–Crippen LogP) is 16.4. The van der Waals surface area contributed by atoms with Crippen LogP contribution in [-0.2, 0) is 32.5 Å². The van der Waals surface area contributed by atoms with Crippen molar-refractivity contribution in [2.75, 3.05) is 14.7 Å².